The Hall–Kier alpha value is -4.29. The van der Waals surface area contributed by atoms with Crippen LogP contribution in [0.5, 0.6) is 0 Å². The zero-order valence-electron chi connectivity index (χ0n) is 21.2. The number of aliphatic imine (C=N–C) groups is 1. The van der Waals surface area contributed by atoms with Crippen molar-refractivity contribution in [1.29, 1.82) is 0 Å². The molecule has 0 aliphatic heterocycles. The fraction of sp³-hybridized carbons (Fsp3) is 0.192. The molecule has 5 aromatic rings. The van der Waals surface area contributed by atoms with Gasteiger partial charge in [-0.25, -0.2) is 9.97 Å². The van der Waals surface area contributed by atoms with Gasteiger partial charge in [0.25, 0.3) is 0 Å². The number of aromatic amines is 1. The van der Waals surface area contributed by atoms with E-state index < -0.39 is 0 Å². The van der Waals surface area contributed by atoms with Crippen LogP contribution in [0.2, 0.25) is 5.02 Å². The molecule has 5 rings (SSSR count). The molecule has 0 aliphatic rings. The highest BCUT2D eigenvalue weighted by atomic mass is 35.5. The molecule has 0 unspecified atom stereocenters. The van der Waals surface area contributed by atoms with Crippen molar-refractivity contribution in [3.63, 3.8) is 0 Å². The summed E-state index contributed by atoms with van der Waals surface area (Å²) in [4.78, 5) is 29.6. The molecule has 0 saturated heterocycles. The zero-order chi connectivity index (χ0) is 27.2. The first kappa shape index (κ1) is 26.3. The zero-order valence-corrected chi connectivity index (χ0v) is 22.8. The number of hydrogen-bond donors (Lipinski definition) is 3. The van der Waals surface area contributed by atoms with Gasteiger partial charge in [-0.05, 0) is 72.7 Å². The smallest absolute Gasteiger partial charge is 0.237 e. The van der Waals surface area contributed by atoms with Crippen LogP contribution in [0, 0.1) is 13.8 Å². The van der Waals surface area contributed by atoms with Gasteiger partial charge in [-0.15, -0.1) is 5.10 Å². The van der Waals surface area contributed by atoms with Crippen LogP contribution in [-0.4, -0.2) is 59.3 Å². The molecule has 0 bridgehead atoms. The molecule has 3 N–H and O–H groups in total. The number of benzene rings is 2. The Balaban J connectivity index is 1.28. The maximum absolute atomic E-state index is 12.9. The number of anilines is 1. The lowest BCUT2D eigenvalue weighted by molar-refractivity contribution is -0.117. The minimum atomic E-state index is -0.280. The number of carbonyl (C=O) groups is 1. The van der Waals surface area contributed by atoms with E-state index >= 15 is 0 Å². The van der Waals surface area contributed by atoms with Gasteiger partial charge in [0.15, 0.2) is 0 Å². The molecule has 0 atom stereocenters. The number of nitrogens with zero attached hydrogens (tertiary/aromatic N) is 7. The van der Waals surface area contributed by atoms with Gasteiger partial charge >= 0.3 is 0 Å². The van der Waals surface area contributed by atoms with Gasteiger partial charge in [0.2, 0.25) is 23.0 Å². The average Bonchev–Trinajstić information content (AvgIpc) is 3.54. The Morgan fingerprint density at radius 1 is 1.10 bits per heavy atom. The van der Waals surface area contributed by atoms with Crippen LogP contribution in [0.15, 0.2) is 70.9 Å². The Bertz CT molecular complexity index is 1610. The van der Waals surface area contributed by atoms with Gasteiger partial charge in [0.1, 0.15) is 0 Å². The predicted molar refractivity (Wildman–Crippen MR) is 152 cm³/mol. The number of aromatic nitrogens is 7. The summed E-state index contributed by atoms with van der Waals surface area (Å²) >= 11 is 7.41. The number of thioether (sulfide) groups is 1. The third kappa shape index (κ3) is 6.78. The van der Waals surface area contributed by atoms with Crippen LogP contribution in [-0.2, 0) is 11.2 Å². The minimum Gasteiger partial charge on any atom is -0.361 e. The molecular formula is C26H25ClN10OS. The van der Waals surface area contributed by atoms with E-state index in [1.807, 2.05) is 74.6 Å². The van der Waals surface area contributed by atoms with Crippen molar-refractivity contribution in [2.75, 3.05) is 17.6 Å². The topological polar surface area (TPSA) is 139 Å². The van der Waals surface area contributed by atoms with E-state index in [4.69, 9.17) is 11.6 Å². The highest BCUT2D eigenvalue weighted by Crippen LogP contribution is 2.23. The number of hydrogen-bond acceptors (Lipinski definition) is 8. The summed E-state index contributed by atoms with van der Waals surface area (Å²) in [7, 11) is 0. The number of guanidine groups is 1. The molecule has 39 heavy (non-hydrogen) atoms. The number of halogens is 1. The van der Waals surface area contributed by atoms with E-state index in [1.165, 1.54) is 11.8 Å². The highest BCUT2D eigenvalue weighted by Gasteiger charge is 2.14. The summed E-state index contributed by atoms with van der Waals surface area (Å²) in [6, 6.07) is 17.1. The quantitative estimate of drug-likeness (QED) is 0.146. The molecule has 11 nitrogen and oxygen atoms in total. The highest BCUT2D eigenvalue weighted by molar-refractivity contribution is 7.99. The van der Waals surface area contributed by atoms with Gasteiger partial charge in [-0.3, -0.25) is 20.4 Å². The second-order valence-electron chi connectivity index (χ2n) is 8.63. The molecule has 1 amide bonds. The van der Waals surface area contributed by atoms with Crippen LogP contribution in [0.25, 0.3) is 16.6 Å². The minimum absolute atomic E-state index is 0.0720. The van der Waals surface area contributed by atoms with Gasteiger partial charge in [0.05, 0.1) is 11.4 Å². The van der Waals surface area contributed by atoms with Crippen molar-refractivity contribution in [2.45, 2.75) is 25.4 Å². The van der Waals surface area contributed by atoms with Gasteiger partial charge in [-0.1, -0.05) is 41.6 Å². The Labute approximate surface area is 233 Å². The average molecular weight is 561 g/mol. The third-order valence-electron chi connectivity index (χ3n) is 5.62. The second kappa shape index (κ2) is 12.0. The third-order valence-corrected chi connectivity index (χ3v) is 6.78. The number of nitrogens with one attached hydrogen (secondary N) is 3. The van der Waals surface area contributed by atoms with E-state index in [2.05, 4.69) is 46.1 Å². The summed E-state index contributed by atoms with van der Waals surface area (Å²) in [5.74, 6) is 0.400. The van der Waals surface area contributed by atoms with E-state index in [0.29, 0.717) is 29.1 Å². The van der Waals surface area contributed by atoms with Crippen molar-refractivity contribution < 1.29 is 4.79 Å². The number of fused-ring (bicyclic) bond motifs is 1. The van der Waals surface area contributed by atoms with Gasteiger partial charge < -0.3 is 4.98 Å². The van der Waals surface area contributed by atoms with E-state index in [-0.39, 0.29) is 17.6 Å². The first-order valence-corrected chi connectivity index (χ1v) is 13.5. The molecule has 0 spiro atoms. The van der Waals surface area contributed by atoms with Gasteiger partial charge in [0, 0.05) is 40.1 Å². The van der Waals surface area contributed by atoms with Crippen molar-refractivity contribution in [1.82, 2.24) is 40.5 Å². The summed E-state index contributed by atoms with van der Waals surface area (Å²) in [5, 5.41) is 19.9. The second-order valence-corrected chi connectivity index (χ2v) is 10.0. The van der Waals surface area contributed by atoms with Crippen molar-refractivity contribution >= 4 is 52.1 Å². The molecule has 0 aliphatic carbocycles. The van der Waals surface area contributed by atoms with Crippen molar-refractivity contribution in [3.05, 3.63) is 82.8 Å². The van der Waals surface area contributed by atoms with E-state index in [9.17, 15) is 4.79 Å². The summed E-state index contributed by atoms with van der Waals surface area (Å²) < 4.78 is 1.59. The van der Waals surface area contributed by atoms with Crippen molar-refractivity contribution in [3.8, 4) is 5.69 Å². The molecule has 13 heteroatoms. The molecule has 3 heterocycles. The number of carbonyl (C=O) groups excluding carboxylic acids is 1. The van der Waals surface area contributed by atoms with Crippen LogP contribution < -0.4 is 10.6 Å². The molecule has 3 aromatic heterocycles. The lowest BCUT2D eigenvalue weighted by atomic mass is 10.1. The lowest BCUT2D eigenvalue weighted by Gasteiger charge is -2.11. The Morgan fingerprint density at radius 3 is 2.69 bits per heavy atom. The van der Waals surface area contributed by atoms with Crippen LogP contribution >= 0.6 is 23.4 Å². The standard InChI is InChI=1S/C26H25ClN10OS/c1-16-12-17(2)31-25(30-16)33-24(28-11-10-18-14-29-22-9-8-19(27)13-21(18)22)32-23(38)15-39-26-34-35-36-37(26)20-6-4-3-5-7-20/h3-9,12-14,29H,10-11,15H2,1-2H3,(H2,28,30,31,32,33,38). The number of para-hydroxylation sites is 1. The lowest BCUT2D eigenvalue weighted by Crippen LogP contribution is -2.38. The van der Waals surface area contributed by atoms with Gasteiger partial charge in [-0.2, -0.15) is 4.68 Å². The fourth-order valence-corrected chi connectivity index (χ4v) is 4.81. The summed E-state index contributed by atoms with van der Waals surface area (Å²) in [6.07, 6.45) is 2.58. The van der Waals surface area contributed by atoms with E-state index in [1.54, 1.807) is 4.68 Å². The van der Waals surface area contributed by atoms with Crippen LogP contribution in [0.3, 0.4) is 0 Å². The molecule has 0 radical (unpaired) electrons. The first-order valence-electron chi connectivity index (χ1n) is 12.1. The summed E-state index contributed by atoms with van der Waals surface area (Å²) in [5.41, 5.74) is 4.49. The monoisotopic (exact) mass is 560 g/mol. The summed E-state index contributed by atoms with van der Waals surface area (Å²) in [6.45, 7) is 4.17. The number of aryl methyl sites for hydroxylation is 2. The predicted octanol–water partition coefficient (Wildman–Crippen LogP) is 4.12. The Morgan fingerprint density at radius 2 is 1.90 bits per heavy atom. The number of amides is 1. The fourth-order valence-electron chi connectivity index (χ4n) is 3.94. The largest absolute Gasteiger partial charge is 0.361 e. The maximum Gasteiger partial charge on any atom is 0.237 e. The van der Waals surface area contributed by atoms with Crippen LogP contribution in [0.4, 0.5) is 5.95 Å². The first-order chi connectivity index (χ1) is 18.9. The molecule has 198 valence electrons. The van der Waals surface area contributed by atoms with Crippen molar-refractivity contribution in [2.24, 2.45) is 4.99 Å². The van der Waals surface area contributed by atoms with Crippen LogP contribution in [0.1, 0.15) is 17.0 Å². The number of H-pyrrole nitrogens is 1. The van der Waals surface area contributed by atoms with E-state index in [0.717, 1.165) is 33.5 Å². The molecule has 0 fully saturated rings. The number of rotatable bonds is 8. The normalized spacial score (nSPS) is 11.6. The number of tetrazole rings is 1. The molecule has 0 saturated carbocycles. The molecule has 2 aromatic carbocycles. The molecular weight excluding hydrogens is 536 g/mol. The maximum atomic E-state index is 12.9. The SMILES string of the molecule is Cc1cc(C)nc(NC(=NCCc2c[nH]c3ccc(Cl)cc23)NC(=O)CSc2nnnn2-c2ccccc2)n1. The Kier molecular flexibility index (Phi) is 8.13.